The molecular weight excluding hydrogens is 248 g/mol. The van der Waals surface area contributed by atoms with Gasteiger partial charge in [-0.1, -0.05) is 12.0 Å². The van der Waals surface area contributed by atoms with E-state index in [0.717, 1.165) is 18.7 Å². The molecule has 1 aromatic heterocycles. The van der Waals surface area contributed by atoms with E-state index in [-0.39, 0.29) is 6.04 Å². The lowest BCUT2D eigenvalue weighted by molar-refractivity contribution is 0.412. The summed E-state index contributed by atoms with van der Waals surface area (Å²) in [7, 11) is 2.04. The molecule has 1 aliphatic rings. The zero-order valence-electron chi connectivity index (χ0n) is 11.3. The third-order valence-electron chi connectivity index (χ3n) is 3.26. The Morgan fingerprint density at radius 3 is 3.06 bits per heavy atom. The van der Waals surface area contributed by atoms with Gasteiger partial charge in [-0.3, -0.25) is 0 Å². The van der Waals surface area contributed by atoms with Crippen LogP contribution >= 0.6 is 11.8 Å². The topological polar surface area (TPSA) is 54.2 Å². The Morgan fingerprint density at radius 2 is 2.39 bits per heavy atom. The van der Waals surface area contributed by atoms with Crippen LogP contribution in [0.15, 0.2) is 4.42 Å². The molecule has 2 unspecified atom stereocenters. The largest absolute Gasteiger partial charge is 0.406 e. The quantitative estimate of drug-likeness (QED) is 0.854. The van der Waals surface area contributed by atoms with Crippen molar-refractivity contribution in [2.45, 2.75) is 38.8 Å². The lowest BCUT2D eigenvalue weighted by Gasteiger charge is -2.20. The second-order valence-corrected chi connectivity index (χ2v) is 5.88. The summed E-state index contributed by atoms with van der Waals surface area (Å²) in [6, 6.07) is 1.29. The normalized spacial score (nSPS) is 21.2. The molecule has 1 saturated heterocycles. The smallest absolute Gasteiger partial charge is 0.318 e. The minimum absolute atomic E-state index is 0.123. The zero-order chi connectivity index (χ0) is 13.0. The summed E-state index contributed by atoms with van der Waals surface area (Å²) in [5.41, 5.74) is 0. The van der Waals surface area contributed by atoms with Crippen molar-refractivity contribution in [2.24, 2.45) is 0 Å². The average molecular weight is 270 g/mol. The number of hydrogen-bond donors (Lipinski definition) is 1. The van der Waals surface area contributed by atoms with Crippen LogP contribution in [-0.4, -0.2) is 41.3 Å². The number of rotatable bonds is 6. The second-order valence-electron chi connectivity index (χ2n) is 4.73. The maximum absolute atomic E-state index is 5.75. The summed E-state index contributed by atoms with van der Waals surface area (Å²) in [4.78, 5) is 2.11. The first-order chi connectivity index (χ1) is 8.72. The fourth-order valence-electron chi connectivity index (χ4n) is 1.98. The summed E-state index contributed by atoms with van der Waals surface area (Å²) in [5, 5.41) is 11.6. The molecule has 0 spiro atoms. The minimum atomic E-state index is 0.123. The molecule has 0 radical (unpaired) electrons. The first-order valence-corrected chi connectivity index (χ1v) is 7.75. The molecule has 18 heavy (non-hydrogen) atoms. The van der Waals surface area contributed by atoms with Crippen LogP contribution in [0.1, 0.15) is 38.6 Å². The van der Waals surface area contributed by atoms with Crippen LogP contribution < -0.4 is 10.2 Å². The molecule has 0 aliphatic carbocycles. The first kappa shape index (κ1) is 13.7. The molecule has 5 nitrogen and oxygen atoms in total. The summed E-state index contributed by atoms with van der Waals surface area (Å²) >= 11 is 1.99. The van der Waals surface area contributed by atoms with Crippen molar-refractivity contribution in [1.82, 2.24) is 15.5 Å². The second kappa shape index (κ2) is 6.43. The van der Waals surface area contributed by atoms with Gasteiger partial charge in [0, 0.05) is 18.8 Å². The molecule has 1 fully saturated rings. The third-order valence-corrected chi connectivity index (χ3v) is 4.40. The lowest BCUT2D eigenvalue weighted by Crippen LogP contribution is -2.31. The Kier molecular flexibility index (Phi) is 4.88. The Hall–Kier alpha value is -0.750. The molecule has 1 N–H and O–H groups in total. The van der Waals surface area contributed by atoms with Crippen LogP contribution in [0.3, 0.4) is 0 Å². The van der Waals surface area contributed by atoms with E-state index in [1.165, 1.54) is 12.2 Å². The van der Waals surface area contributed by atoms with Crippen LogP contribution in [-0.2, 0) is 0 Å². The molecule has 1 aromatic rings. The van der Waals surface area contributed by atoms with Crippen molar-refractivity contribution in [2.75, 3.05) is 30.0 Å². The first-order valence-electron chi connectivity index (χ1n) is 6.59. The van der Waals surface area contributed by atoms with Crippen LogP contribution in [0.5, 0.6) is 0 Å². The van der Waals surface area contributed by atoms with Gasteiger partial charge in [0.15, 0.2) is 0 Å². The number of aromatic nitrogens is 2. The van der Waals surface area contributed by atoms with Crippen LogP contribution in [0.25, 0.3) is 0 Å². The van der Waals surface area contributed by atoms with Gasteiger partial charge in [0.05, 0.1) is 6.04 Å². The van der Waals surface area contributed by atoms with Gasteiger partial charge in [-0.15, -0.1) is 5.10 Å². The Labute approximate surface area is 113 Å². The Morgan fingerprint density at radius 1 is 1.56 bits per heavy atom. The van der Waals surface area contributed by atoms with E-state index >= 15 is 0 Å². The van der Waals surface area contributed by atoms with Crippen molar-refractivity contribution in [3.05, 3.63) is 5.89 Å². The van der Waals surface area contributed by atoms with Gasteiger partial charge in [0.1, 0.15) is 0 Å². The SMILES string of the molecule is CCCNC(C)c1nnc(N(C)C2CCSC2)o1. The van der Waals surface area contributed by atoms with E-state index in [1.54, 1.807) is 0 Å². The fraction of sp³-hybridized carbons (Fsp3) is 0.833. The summed E-state index contributed by atoms with van der Waals surface area (Å²) in [6.45, 7) is 5.16. The lowest BCUT2D eigenvalue weighted by atomic mass is 10.2. The van der Waals surface area contributed by atoms with E-state index in [0.29, 0.717) is 17.9 Å². The number of thioether (sulfide) groups is 1. The molecule has 0 bridgehead atoms. The minimum Gasteiger partial charge on any atom is -0.406 e. The van der Waals surface area contributed by atoms with Crippen LogP contribution in [0, 0.1) is 0 Å². The molecule has 2 rings (SSSR count). The predicted molar refractivity (Wildman–Crippen MR) is 75.1 cm³/mol. The van der Waals surface area contributed by atoms with Gasteiger partial charge in [0.2, 0.25) is 5.89 Å². The molecule has 0 amide bonds. The average Bonchev–Trinajstić information content (AvgIpc) is 3.05. The van der Waals surface area contributed by atoms with E-state index in [4.69, 9.17) is 4.42 Å². The number of nitrogens with zero attached hydrogens (tertiary/aromatic N) is 3. The summed E-state index contributed by atoms with van der Waals surface area (Å²) in [6.07, 6.45) is 2.30. The van der Waals surface area contributed by atoms with Crippen LogP contribution in [0.4, 0.5) is 6.01 Å². The fourth-order valence-corrected chi connectivity index (χ4v) is 3.24. The van der Waals surface area contributed by atoms with Crippen molar-refractivity contribution in [3.8, 4) is 0 Å². The van der Waals surface area contributed by atoms with E-state index < -0.39 is 0 Å². The van der Waals surface area contributed by atoms with E-state index in [1.807, 2.05) is 18.8 Å². The van der Waals surface area contributed by atoms with Gasteiger partial charge in [-0.25, -0.2) is 0 Å². The molecule has 0 aromatic carbocycles. The van der Waals surface area contributed by atoms with Gasteiger partial charge >= 0.3 is 6.01 Å². The Bertz CT molecular complexity index is 365. The molecular formula is C12H22N4OS. The molecule has 1 aliphatic heterocycles. The standard InChI is InChI=1S/C12H22N4OS/c1-4-6-13-9(2)11-14-15-12(17-11)16(3)10-5-7-18-8-10/h9-10,13H,4-8H2,1-3H3. The summed E-state index contributed by atoms with van der Waals surface area (Å²) < 4.78 is 5.75. The highest BCUT2D eigenvalue weighted by Crippen LogP contribution is 2.25. The van der Waals surface area contributed by atoms with Gasteiger partial charge in [0.25, 0.3) is 0 Å². The van der Waals surface area contributed by atoms with Crippen LogP contribution in [0.2, 0.25) is 0 Å². The van der Waals surface area contributed by atoms with E-state index in [9.17, 15) is 0 Å². The van der Waals surface area contributed by atoms with Gasteiger partial charge in [-0.05, 0) is 32.1 Å². The highest BCUT2D eigenvalue weighted by atomic mass is 32.2. The third kappa shape index (κ3) is 3.17. The van der Waals surface area contributed by atoms with Crippen molar-refractivity contribution in [1.29, 1.82) is 0 Å². The maximum Gasteiger partial charge on any atom is 0.318 e. The highest BCUT2D eigenvalue weighted by molar-refractivity contribution is 7.99. The monoisotopic (exact) mass is 270 g/mol. The van der Waals surface area contributed by atoms with Crippen molar-refractivity contribution in [3.63, 3.8) is 0 Å². The molecule has 2 atom stereocenters. The molecule has 0 saturated carbocycles. The van der Waals surface area contributed by atoms with E-state index in [2.05, 4.69) is 34.3 Å². The predicted octanol–water partition coefficient (Wildman–Crippen LogP) is 2.07. The zero-order valence-corrected chi connectivity index (χ0v) is 12.2. The van der Waals surface area contributed by atoms with Crippen molar-refractivity contribution >= 4 is 17.8 Å². The number of nitrogens with one attached hydrogen (secondary N) is 1. The molecule has 6 heteroatoms. The molecule has 2 heterocycles. The maximum atomic E-state index is 5.75. The summed E-state index contributed by atoms with van der Waals surface area (Å²) in [5.74, 6) is 3.05. The number of hydrogen-bond acceptors (Lipinski definition) is 6. The van der Waals surface area contributed by atoms with Gasteiger partial charge in [-0.2, -0.15) is 11.8 Å². The molecule has 102 valence electrons. The number of anilines is 1. The van der Waals surface area contributed by atoms with Crippen molar-refractivity contribution < 1.29 is 4.42 Å². The highest BCUT2D eigenvalue weighted by Gasteiger charge is 2.24. The van der Waals surface area contributed by atoms with Gasteiger partial charge < -0.3 is 14.6 Å². The Balaban J connectivity index is 1.96.